The molecule has 0 fully saturated rings. The van der Waals surface area contributed by atoms with E-state index in [4.69, 9.17) is 17.3 Å². The predicted octanol–water partition coefficient (Wildman–Crippen LogP) is 2.79. The zero-order valence-corrected chi connectivity index (χ0v) is 8.18. The van der Waals surface area contributed by atoms with E-state index in [0.717, 1.165) is 10.9 Å². The van der Waals surface area contributed by atoms with Crippen molar-refractivity contribution in [3.63, 3.8) is 0 Å². The minimum Gasteiger partial charge on any atom is -0.361 e. The number of halogens is 2. The molecule has 3 N–H and O–H groups in total. The third kappa shape index (κ3) is 1.49. The van der Waals surface area contributed by atoms with Crippen molar-refractivity contribution in [3.05, 3.63) is 35.0 Å². The molecule has 14 heavy (non-hydrogen) atoms. The molecule has 74 valence electrons. The van der Waals surface area contributed by atoms with Crippen molar-refractivity contribution in [1.82, 2.24) is 4.98 Å². The van der Waals surface area contributed by atoms with Crippen LogP contribution in [0.2, 0.25) is 5.02 Å². The van der Waals surface area contributed by atoms with E-state index in [-0.39, 0.29) is 6.54 Å². The number of H-pyrrole nitrogens is 1. The molecule has 4 heteroatoms. The first-order valence-electron chi connectivity index (χ1n) is 4.33. The van der Waals surface area contributed by atoms with E-state index in [2.05, 4.69) is 4.98 Å². The summed E-state index contributed by atoms with van der Waals surface area (Å²) in [6, 6.07) is 5.31. The molecule has 0 spiro atoms. The van der Waals surface area contributed by atoms with Crippen LogP contribution in [-0.4, -0.2) is 11.5 Å². The number of fused-ring (bicyclic) bond motifs is 1. The Morgan fingerprint density at radius 3 is 3.00 bits per heavy atom. The summed E-state index contributed by atoms with van der Waals surface area (Å²) in [6.07, 6.45) is 0.517. The second-order valence-electron chi connectivity index (χ2n) is 3.14. The maximum Gasteiger partial charge on any atom is 0.139 e. The number of rotatable bonds is 2. The van der Waals surface area contributed by atoms with E-state index in [9.17, 15) is 4.39 Å². The smallest absolute Gasteiger partial charge is 0.139 e. The van der Waals surface area contributed by atoms with E-state index in [1.807, 2.05) is 0 Å². The molecule has 1 unspecified atom stereocenters. The highest BCUT2D eigenvalue weighted by molar-refractivity contribution is 6.31. The van der Waals surface area contributed by atoms with Crippen molar-refractivity contribution < 1.29 is 4.39 Å². The van der Waals surface area contributed by atoms with Gasteiger partial charge in [-0.15, -0.1) is 0 Å². The summed E-state index contributed by atoms with van der Waals surface area (Å²) < 4.78 is 13.4. The molecule has 0 saturated carbocycles. The van der Waals surface area contributed by atoms with Crippen molar-refractivity contribution in [2.75, 3.05) is 6.54 Å². The number of hydrogen-bond donors (Lipinski definition) is 2. The Kier molecular flexibility index (Phi) is 2.44. The number of aromatic nitrogens is 1. The molecule has 1 atom stereocenters. The van der Waals surface area contributed by atoms with Gasteiger partial charge in [0, 0.05) is 34.2 Å². The Morgan fingerprint density at radius 2 is 2.29 bits per heavy atom. The van der Waals surface area contributed by atoms with E-state index in [1.54, 1.807) is 24.4 Å². The van der Waals surface area contributed by atoms with Crippen molar-refractivity contribution in [2.45, 2.75) is 6.17 Å². The van der Waals surface area contributed by atoms with Gasteiger partial charge in [-0.1, -0.05) is 17.7 Å². The number of nitrogens with two attached hydrogens (primary N) is 1. The molecule has 2 aromatic rings. The van der Waals surface area contributed by atoms with Crippen LogP contribution in [0.1, 0.15) is 11.7 Å². The monoisotopic (exact) mass is 212 g/mol. The highest BCUT2D eigenvalue weighted by atomic mass is 35.5. The molecular formula is C10H10ClFN2. The van der Waals surface area contributed by atoms with Crippen LogP contribution in [0.5, 0.6) is 0 Å². The average Bonchev–Trinajstić information content (AvgIpc) is 2.59. The fourth-order valence-electron chi connectivity index (χ4n) is 1.51. The number of hydrogen-bond acceptors (Lipinski definition) is 1. The summed E-state index contributed by atoms with van der Waals surface area (Å²) in [4.78, 5) is 2.96. The predicted molar refractivity (Wildman–Crippen MR) is 56.2 cm³/mol. The third-order valence-corrected chi connectivity index (χ3v) is 2.46. The Bertz CT molecular complexity index is 452. The summed E-state index contributed by atoms with van der Waals surface area (Å²) in [6.45, 7) is -0.00439. The summed E-state index contributed by atoms with van der Waals surface area (Å²) >= 11 is 5.80. The molecule has 0 amide bonds. The van der Waals surface area contributed by atoms with E-state index in [0.29, 0.717) is 10.6 Å². The van der Waals surface area contributed by atoms with Gasteiger partial charge in [0.25, 0.3) is 0 Å². The molecule has 2 nitrogen and oxygen atoms in total. The lowest BCUT2D eigenvalue weighted by Gasteiger charge is -2.02. The van der Waals surface area contributed by atoms with Crippen LogP contribution < -0.4 is 5.73 Å². The lowest BCUT2D eigenvalue weighted by atomic mass is 10.1. The maximum atomic E-state index is 13.4. The normalized spacial score (nSPS) is 13.4. The summed E-state index contributed by atoms with van der Waals surface area (Å²) in [7, 11) is 0. The lowest BCUT2D eigenvalue weighted by Crippen LogP contribution is -2.06. The van der Waals surface area contributed by atoms with Gasteiger partial charge in [0.15, 0.2) is 0 Å². The Hall–Kier alpha value is -1.06. The number of benzene rings is 1. The highest BCUT2D eigenvalue weighted by Crippen LogP contribution is 2.27. The van der Waals surface area contributed by atoms with Crippen molar-refractivity contribution >= 4 is 22.5 Å². The number of aromatic amines is 1. The number of alkyl halides is 1. The van der Waals surface area contributed by atoms with Gasteiger partial charge in [-0.25, -0.2) is 4.39 Å². The standard InChI is InChI=1S/C10H10ClFN2/c11-6-1-2-7-8(9(12)4-13)5-14-10(7)3-6/h1-3,5,9,14H,4,13H2. The molecule has 1 heterocycles. The topological polar surface area (TPSA) is 41.8 Å². The molecule has 2 rings (SSSR count). The van der Waals surface area contributed by atoms with Gasteiger partial charge in [0.2, 0.25) is 0 Å². The zero-order valence-electron chi connectivity index (χ0n) is 7.43. The summed E-state index contributed by atoms with van der Waals surface area (Å²) in [5, 5.41) is 1.47. The molecule has 0 aliphatic rings. The minimum absolute atomic E-state index is 0.00439. The first kappa shape index (κ1) is 9.49. The largest absolute Gasteiger partial charge is 0.361 e. The zero-order chi connectivity index (χ0) is 10.1. The molecule has 0 aliphatic carbocycles. The van der Waals surface area contributed by atoms with Crippen LogP contribution in [0.25, 0.3) is 10.9 Å². The second-order valence-corrected chi connectivity index (χ2v) is 3.57. The summed E-state index contributed by atoms with van der Waals surface area (Å²) in [5.41, 5.74) is 6.70. The van der Waals surface area contributed by atoms with Crippen LogP contribution in [0.4, 0.5) is 4.39 Å². The molecule has 0 radical (unpaired) electrons. The van der Waals surface area contributed by atoms with Gasteiger partial charge in [-0.3, -0.25) is 0 Å². The van der Waals surface area contributed by atoms with Crippen molar-refractivity contribution in [3.8, 4) is 0 Å². The van der Waals surface area contributed by atoms with Gasteiger partial charge in [0.1, 0.15) is 6.17 Å². The van der Waals surface area contributed by atoms with Crippen LogP contribution in [0.3, 0.4) is 0 Å². The van der Waals surface area contributed by atoms with Gasteiger partial charge < -0.3 is 10.7 Å². The molecule has 0 bridgehead atoms. The van der Waals surface area contributed by atoms with E-state index in [1.165, 1.54) is 0 Å². The SMILES string of the molecule is NCC(F)c1c[nH]c2cc(Cl)ccc12. The minimum atomic E-state index is -1.12. The Balaban J connectivity index is 2.58. The van der Waals surface area contributed by atoms with Gasteiger partial charge in [-0.05, 0) is 12.1 Å². The highest BCUT2D eigenvalue weighted by Gasteiger charge is 2.12. The first-order chi connectivity index (χ1) is 6.72. The average molecular weight is 213 g/mol. The second kappa shape index (κ2) is 3.59. The lowest BCUT2D eigenvalue weighted by molar-refractivity contribution is 0.355. The molecule has 1 aromatic carbocycles. The molecule has 1 aromatic heterocycles. The fraction of sp³-hybridized carbons (Fsp3) is 0.200. The maximum absolute atomic E-state index is 13.4. The van der Waals surface area contributed by atoms with Gasteiger partial charge >= 0.3 is 0 Å². The van der Waals surface area contributed by atoms with Crippen LogP contribution >= 0.6 is 11.6 Å². The van der Waals surface area contributed by atoms with Gasteiger partial charge in [-0.2, -0.15) is 0 Å². The molecule has 0 aliphatic heterocycles. The van der Waals surface area contributed by atoms with Crippen LogP contribution in [-0.2, 0) is 0 Å². The quantitative estimate of drug-likeness (QED) is 0.790. The Labute approximate surface area is 85.9 Å². The van der Waals surface area contributed by atoms with Crippen molar-refractivity contribution in [1.29, 1.82) is 0 Å². The Morgan fingerprint density at radius 1 is 1.50 bits per heavy atom. The third-order valence-electron chi connectivity index (χ3n) is 2.22. The fourth-order valence-corrected chi connectivity index (χ4v) is 1.68. The van der Waals surface area contributed by atoms with E-state index >= 15 is 0 Å². The van der Waals surface area contributed by atoms with Gasteiger partial charge in [0.05, 0.1) is 0 Å². The summed E-state index contributed by atoms with van der Waals surface area (Å²) in [5.74, 6) is 0. The molecule has 0 saturated heterocycles. The number of nitrogens with one attached hydrogen (secondary N) is 1. The van der Waals surface area contributed by atoms with E-state index < -0.39 is 6.17 Å². The molecular weight excluding hydrogens is 203 g/mol. The van der Waals surface area contributed by atoms with Crippen LogP contribution in [0.15, 0.2) is 24.4 Å². The van der Waals surface area contributed by atoms with Crippen LogP contribution in [0, 0.1) is 0 Å². The van der Waals surface area contributed by atoms with Crippen molar-refractivity contribution in [2.24, 2.45) is 5.73 Å². The first-order valence-corrected chi connectivity index (χ1v) is 4.71.